The van der Waals surface area contributed by atoms with Crippen molar-refractivity contribution >= 4 is 16.1 Å². The van der Waals surface area contributed by atoms with Gasteiger partial charge in [0.05, 0.1) is 6.61 Å². The maximum absolute atomic E-state index is 12.5. The molecule has 0 aromatic heterocycles. The van der Waals surface area contributed by atoms with E-state index in [1.54, 1.807) is 0 Å². The van der Waals surface area contributed by atoms with Crippen molar-refractivity contribution in [2.75, 3.05) is 26.8 Å². The molecule has 0 N–H and O–H groups in total. The summed E-state index contributed by atoms with van der Waals surface area (Å²) < 4.78 is 38.3. The summed E-state index contributed by atoms with van der Waals surface area (Å²) >= 11 is 0. The third kappa shape index (κ3) is 2.65. The van der Waals surface area contributed by atoms with Gasteiger partial charge < -0.3 is 9.64 Å². The smallest absolute Gasteiger partial charge is 0.307 e. The molecule has 1 aliphatic heterocycles. The molecule has 0 aliphatic carbocycles. The summed E-state index contributed by atoms with van der Waals surface area (Å²) in [4.78, 5) is 12.5. The molecule has 1 unspecified atom stereocenters. The summed E-state index contributed by atoms with van der Waals surface area (Å²) in [7, 11) is -3.12. The van der Waals surface area contributed by atoms with Gasteiger partial charge in [-0.25, -0.2) is 0 Å². The molecule has 1 saturated heterocycles. The van der Waals surface area contributed by atoms with Crippen molar-refractivity contribution in [2.45, 2.75) is 11.7 Å². The van der Waals surface area contributed by atoms with Gasteiger partial charge in [0, 0.05) is 26.6 Å². The normalized spacial score (nSPS) is 23.1. The third-order valence-electron chi connectivity index (χ3n) is 2.14. The molecular formula is C7H12FNO4S. The Hall–Kier alpha value is -0.690. The van der Waals surface area contributed by atoms with Crippen molar-refractivity contribution in [3.05, 3.63) is 0 Å². The van der Waals surface area contributed by atoms with Gasteiger partial charge in [0.1, 0.15) is 5.25 Å². The molecular weight excluding hydrogens is 213 g/mol. The first kappa shape index (κ1) is 11.4. The predicted molar refractivity (Wildman–Crippen MR) is 46.9 cm³/mol. The van der Waals surface area contributed by atoms with Crippen LogP contribution in [-0.2, 0) is 19.8 Å². The van der Waals surface area contributed by atoms with E-state index in [-0.39, 0.29) is 18.9 Å². The predicted octanol–water partition coefficient (Wildman–Crippen LogP) is -0.467. The zero-order chi connectivity index (χ0) is 10.8. The number of halogens is 1. The lowest BCUT2D eigenvalue weighted by atomic mass is 10.4. The lowest BCUT2D eigenvalue weighted by Gasteiger charge is -2.14. The summed E-state index contributed by atoms with van der Waals surface area (Å²) in [5.74, 6) is -0.340. The molecule has 1 aliphatic rings. The van der Waals surface area contributed by atoms with Crippen LogP contribution in [0.3, 0.4) is 0 Å². The van der Waals surface area contributed by atoms with Gasteiger partial charge in [0.15, 0.2) is 0 Å². The van der Waals surface area contributed by atoms with Crippen molar-refractivity contribution in [1.82, 2.24) is 4.90 Å². The van der Waals surface area contributed by atoms with Crippen LogP contribution in [0.15, 0.2) is 0 Å². The maximum atomic E-state index is 12.5. The lowest BCUT2D eigenvalue weighted by molar-refractivity contribution is -0.128. The highest BCUT2D eigenvalue weighted by Gasteiger charge is 2.37. The average Bonchev–Trinajstić information content (AvgIpc) is 2.43. The molecule has 0 aromatic carbocycles. The minimum Gasteiger partial charge on any atom is -0.383 e. The first-order valence-corrected chi connectivity index (χ1v) is 5.60. The molecule has 1 heterocycles. The van der Waals surface area contributed by atoms with E-state index < -0.39 is 15.5 Å². The van der Waals surface area contributed by atoms with E-state index in [1.807, 2.05) is 0 Å². The van der Waals surface area contributed by atoms with Crippen molar-refractivity contribution in [3.63, 3.8) is 0 Å². The Kier molecular flexibility index (Phi) is 3.43. The number of hydrogen-bond donors (Lipinski definition) is 0. The number of carbonyl (C=O) groups excluding carboxylic acids is 1. The molecule has 5 nitrogen and oxygen atoms in total. The zero-order valence-corrected chi connectivity index (χ0v) is 8.59. The van der Waals surface area contributed by atoms with Gasteiger partial charge in [-0.1, -0.05) is 0 Å². The third-order valence-corrected chi connectivity index (χ3v) is 3.25. The van der Waals surface area contributed by atoms with Crippen LogP contribution in [0.2, 0.25) is 0 Å². The molecule has 7 heteroatoms. The maximum Gasteiger partial charge on any atom is 0.307 e. The van der Waals surface area contributed by atoms with E-state index in [0.29, 0.717) is 13.2 Å². The molecule has 1 rings (SSSR count). The first-order valence-electron chi connectivity index (χ1n) is 4.15. The van der Waals surface area contributed by atoms with Crippen molar-refractivity contribution < 1.29 is 21.8 Å². The van der Waals surface area contributed by atoms with Gasteiger partial charge in [-0.05, 0) is 0 Å². The molecule has 1 atom stereocenters. The summed E-state index contributed by atoms with van der Waals surface area (Å²) in [5, 5.41) is -1.20. The molecule has 0 saturated carbocycles. The van der Waals surface area contributed by atoms with E-state index in [1.165, 1.54) is 12.0 Å². The van der Waals surface area contributed by atoms with Gasteiger partial charge >= 0.3 is 10.2 Å². The molecule has 0 spiro atoms. The van der Waals surface area contributed by atoms with E-state index in [9.17, 15) is 17.1 Å². The van der Waals surface area contributed by atoms with Crippen LogP contribution in [0, 0.1) is 0 Å². The second-order valence-corrected chi connectivity index (χ2v) is 4.75. The van der Waals surface area contributed by atoms with E-state index in [2.05, 4.69) is 0 Å². The number of carbonyl (C=O) groups is 1. The van der Waals surface area contributed by atoms with Crippen molar-refractivity contribution in [3.8, 4) is 0 Å². The molecule has 1 amide bonds. The van der Waals surface area contributed by atoms with Crippen LogP contribution >= 0.6 is 0 Å². The fourth-order valence-electron chi connectivity index (χ4n) is 1.34. The van der Waals surface area contributed by atoms with Crippen molar-refractivity contribution in [2.24, 2.45) is 0 Å². The zero-order valence-electron chi connectivity index (χ0n) is 7.77. The fourth-order valence-corrected chi connectivity index (χ4v) is 2.04. The number of ether oxygens (including phenoxy) is 1. The monoisotopic (exact) mass is 225 g/mol. The minimum absolute atomic E-state index is 0.0684. The number of hydrogen-bond acceptors (Lipinski definition) is 4. The average molecular weight is 225 g/mol. The van der Waals surface area contributed by atoms with Crippen LogP contribution in [0.4, 0.5) is 3.89 Å². The Balaban J connectivity index is 2.56. The topological polar surface area (TPSA) is 63.7 Å². The van der Waals surface area contributed by atoms with Crippen LogP contribution in [0.25, 0.3) is 0 Å². The summed E-state index contributed by atoms with van der Waals surface area (Å²) in [6, 6.07) is 0. The summed E-state index contributed by atoms with van der Waals surface area (Å²) in [5.41, 5.74) is 0. The molecule has 0 bridgehead atoms. The summed E-state index contributed by atoms with van der Waals surface area (Å²) in [6.45, 7) is 0.563. The van der Waals surface area contributed by atoms with Gasteiger partial charge in [-0.2, -0.15) is 8.42 Å². The fraction of sp³-hybridized carbons (Fsp3) is 0.857. The lowest BCUT2D eigenvalue weighted by Crippen LogP contribution is -2.30. The molecule has 1 fully saturated rings. The van der Waals surface area contributed by atoms with Crippen molar-refractivity contribution in [1.29, 1.82) is 0 Å². The second kappa shape index (κ2) is 4.22. The molecule has 0 radical (unpaired) electrons. The Bertz CT molecular complexity index is 316. The Morgan fingerprint density at radius 3 is 2.71 bits per heavy atom. The first-order chi connectivity index (χ1) is 6.45. The van der Waals surface area contributed by atoms with Crippen LogP contribution in [-0.4, -0.2) is 51.3 Å². The Labute approximate surface area is 82.0 Å². The molecule has 14 heavy (non-hydrogen) atoms. The van der Waals surface area contributed by atoms with Crippen LogP contribution in [0.5, 0.6) is 0 Å². The SMILES string of the molecule is COCCN1CC(S(=O)(=O)F)CC1=O. The largest absolute Gasteiger partial charge is 0.383 e. The number of methoxy groups -OCH3 is 1. The van der Waals surface area contributed by atoms with E-state index in [0.717, 1.165) is 0 Å². The highest BCUT2D eigenvalue weighted by molar-refractivity contribution is 7.87. The highest BCUT2D eigenvalue weighted by atomic mass is 32.3. The summed E-state index contributed by atoms with van der Waals surface area (Å²) in [6.07, 6.45) is -0.261. The van der Waals surface area contributed by atoms with Gasteiger partial charge in [-0.15, -0.1) is 3.89 Å². The van der Waals surface area contributed by atoms with Gasteiger partial charge in [0.2, 0.25) is 5.91 Å². The van der Waals surface area contributed by atoms with E-state index >= 15 is 0 Å². The minimum atomic E-state index is -4.60. The Morgan fingerprint density at radius 1 is 1.64 bits per heavy atom. The number of amides is 1. The van der Waals surface area contributed by atoms with Crippen LogP contribution in [0.1, 0.15) is 6.42 Å². The number of rotatable bonds is 4. The molecule has 0 aromatic rings. The van der Waals surface area contributed by atoms with Gasteiger partial charge in [-0.3, -0.25) is 4.79 Å². The second-order valence-electron chi connectivity index (χ2n) is 3.13. The van der Waals surface area contributed by atoms with Crippen LogP contribution < -0.4 is 0 Å². The quantitative estimate of drug-likeness (QED) is 0.607. The standard InChI is InChI=1S/C7H12FNO4S/c1-13-3-2-9-5-6(4-7(9)10)14(8,11)12/h6H,2-5H2,1H3. The number of nitrogens with zero attached hydrogens (tertiary/aromatic N) is 1. The Morgan fingerprint density at radius 2 is 2.29 bits per heavy atom. The van der Waals surface area contributed by atoms with E-state index in [4.69, 9.17) is 4.74 Å². The van der Waals surface area contributed by atoms with Gasteiger partial charge in [0.25, 0.3) is 0 Å². The highest BCUT2D eigenvalue weighted by Crippen LogP contribution is 2.19. The molecule has 82 valence electrons. The number of likely N-dealkylation sites (tertiary alicyclic amines) is 1.